The number of hydrogen-bond acceptors (Lipinski definition) is 16. The van der Waals surface area contributed by atoms with Gasteiger partial charge in [-0.05, 0) is 18.6 Å². The summed E-state index contributed by atoms with van der Waals surface area (Å²) < 4.78 is 44.7. The molecule has 0 bridgehead atoms. The molecule has 0 aromatic heterocycles. The van der Waals surface area contributed by atoms with Crippen molar-refractivity contribution in [3.8, 4) is 0 Å². The number of carbonyl (C=O) groups excluding carboxylic acids is 5. The average molecular weight is 783 g/mol. The van der Waals surface area contributed by atoms with Crippen molar-refractivity contribution in [1.82, 2.24) is 15.5 Å². The molecule has 1 aromatic rings. The highest BCUT2D eigenvalue weighted by molar-refractivity contribution is 6.25. The first-order chi connectivity index (χ1) is 26.7. The van der Waals surface area contributed by atoms with Crippen molar-refractivity contribution in [2.75, 3.05) is 137 Å². The number of nitrogens with one attached hydrogen (secondary N) is 3. The lowest BCUT2D eigenvalue weighted by Crippen LogP contribution is -2.54. The maximum Gasteiger partial charge on any atom is 0.264 e. The van der Waals surface area contributed by atoms with Crippen LogP contribution < -0.4 is 27.4 Å². The predicted molar refractivity (Wildman–Crippen MR) is 197 cm³/mol. The highest BCUT2D eigenvalue weighted by Gasteiger charge is 2.45. The first-order valence-electron chi connectivity index (χ1n) is 18.6. The topological polar surface area (TPSA) is 251 Å². The lowest BCUT2D eigenvalue weighted by molar-refractivity contribution is -0.136. The molecule has 0 radical (unpaired) electrons. The number of benzene rings is 1. The van der Waals surface area contributed by atoms with Crippen LogP contribution in [0.2, 0.25) is 0 Å². The third-order valence-electron chi connectivity index (χ3n) is 8.20. The number of rotatable bonds is 32. The zero-order valence-corrected chi connectivity index (χ0v) is 31.8. The summed E-state index contributed by atoms with van der Waals surface area (Å²) in [5.74, 6) is -2.67. The number of ether oxygens (including phenoxy) is 8. The number of imide groups is 2. The molecule has 2 heterocycles. The first kappa shape index (κ1) is 45.8. The molecule has 0 spiro atoms. The van der Waals surface area contributed by atoms with Crippen molar-refractivity contribution in [3.63, 3.8) is 0 Å². The Kier molecular flexibility index (Phi) is 21.9. The average Bonchev–Trinajstić information content (AvgIpc) is 3.42. The van der Waals surface area contributed by atoms with E-state index in [0.29, 0.717) is 105 Å². The van der Waals surface area contributed by atoms with Gasteiger partial charge in [0.15, 0.2) is 0 Å². The molecule has 19 nitrogen and oxygen atoms in total. The zero-order chi connectivity index (χ0) is 39.7. The number of hydrogen-bond donors (Lipinski definition) is 5. The van der Waals surface area contributed by atoms with Crippen molar-refractivity contribution in [2.45, 2.75) is 25.8 Å². The number of fused-ring (bicyclic) bond motifs is 1. The Bertz CT molecular complexity index is 1330. The van der Waals surface area contributed by atoms with Crippen LogP contribution in [0.5, 0.6) is 0 Å². The van der Waals surface area contributed by atoms with Crippen molar-refractivity contribution in [1.29, 1.82) is 0 Å². The summed E-state index contributed by atoms with van der Waals surface area (Å²) in [5, 5.41) is 7.99. The number of nitrogens with zero attached hydrogens (tertiary/aromatic N) is 1. The van der Waals surface area contributed by atoms with Gasteiger partial charge in [-0.1, -0.05) is 13.0 Å². The Labute approximate surface area is 321 Å². The minimum atomic E-state index is -1.06. The second-order valence-electron chi connectivity index (χ2n) is 13.0. The third kappa shape index (κ3) is 16.6. The molecule has 7 N–H and O–H groups in total. The number of amides is 5. The molecular formula is C36H58N6O13. The lowest BCUT2D eigenvalue weighted by Gasteiger charge is -2.29. The molecule has 310 valence electrons. The summed E-state index contributed by atoms with van der Waals surface area (Å²) in [6, 6.07) is 3.72. The van der Waals surface area contributed by atoms with Gasteiger partial charge in [0.25, 0.3) is 11.8 Å². The fraction of sp³-hybridized carbons (Fsp3) is 0.694. The van der Waals surface area contributed by atoms with E-state index in [0.717, 1.165) is 4.90 Å². The molecule has 1 atom stereocenters. The quantitative estimate of drug-likeness (QED) is 0.0420. The minimum absolute atomic E-state index is 0.0333. The van der Waals surface area contributed by atoms with Crippen LogP contribution >= 0.6 is 0 Å². The molecule has 1 saturated heterocycles. The molecule has 5 amide bonds. The fourth-order valence-corrected chi connectivity index (χ4v) is 5.52. The number of carbonyl (C=O) groups is 5. The molecular weight excluding hydrogens is 724 g/mol. The van der Waals surface area contributed by atoms with Crippen LogP contribution in [-0.2, 0) is 52.3 Å². The molecule has 0 aliphatic carbocycles. The highest BCUT2D eigenvalue weighted by atomic mass is 16.6. The smallest absolute Gasteiger partial charge is 0.264 e. The predicted octanol–water partition coefficient (Wildman–Crippen LogP) is -1.33. The Morgan fingerprint density at radius 1 is 0.745 bits per heavy atom. The summed E-state index contributed by atoms with van der Waals surface area (Å²) in [4.78, 5) is 63.5. The second-order valence-corrected chi connectivity index (χ2v) is 13.0. The van der Waals surface area contributed by atoms with Crippen molar-refractivity contribution < 1.29 is 61.9 Å². The minimum Gasteiger partial charge on any atom is -0.383 e. The van der Waals surface area contributed by atoms with Crippen LogP contribution in [0.25, 0.3) is 0 Å². The normalized spacial score (nSPS) is 15.8. The van der Waals surface area contributed by atoms with Gasteiger partial charge in [-0.3, -0.25) is 34.2 Å². The van der Waals surface area contributed by atoms with E-state index in [4.69, 9.17) is 49.4 Å². The molecule has 55 heavy (non-hydrogen) atoms. The molecule has 1 aromatic carbocycles. The molecule has 0 saturated carbocycles. The van der Waals surface area contributed by atoms with Crippen LogP contribution in [0, 0.1) is 5.41 Å². The van der Waals surface area contributed by atoms with Gasteiger partial charge in [-0.25, -0.2) is 0 Å². The van der Waals surface area contributed by atoms with E-state index in [1.807, 2.05) is 6.92 Å². The van der Waals surface area contributed by atoms with Crippen molar-refractivity contribution in [3.05, 3.63) is 29.3 Å². The van der Waals surface area contributed by atoms with E-state index < -0.39 is 35.1 Å². The summed E-state index contributed by atoms with van der Waals surface area (Å²) in [6.45, 7) is 9.09. The van der Waals surface area contributed by atoms with E-state index in [1.54, 1.807) is 12.1 Å². The van der Waals surface area contributed by atoms with E-state index in [9.17, 15) is 24.0 Å². The number of nitrogens with two attached hydrogens (primary N) is 2. The van der Waals surface area contributed by atoms with Gasteiger partial charge >= 0.3 is 0 Å². The Morgan fingerprint density at radius 2 is 1.27 bits per heavy atom. The van der Waals surface area contributed by atoms with E-state index >= 15 is 0 Å². The maximum atomic E-state index is 13.2. The first-order valence-corrected chi connectivity index (χ1v) is 18.6. The van der Waals surface area contributed by atoms with Gasteiger partial charge in [-0.15, -0.1) is 0 Å². The largest absolute Gasteiger partial charge is 0.383 e. The summed E-state index contributed by atoms with van der Waals surface area (Å²) in [5.41, 5.74) is 11.0. The van der Waals surface area contributed by atoms with E-state index in [1.165, 1.54) is 6.07 Å². The Balaban J connectivity index is 1.32. The van der Waals surface area contributed by atoms with Crippen LogP contribution in [0.4, 0.5) is 5.69 Å². The standard InChI is InChI=1S/C36H58N6O13/c1-36(24-53-20-17-50-15-13-48-11-7-37,25-54-21-18-51-16-14-49-12-8-38)26-55-22-19-52-23-31(44)40-10-9-39-28-4-2-3-27-32(28)35(47)42(34(27)46)29-5-6-30(43)41-33(29)45/h2-4,29,39H,5-26,37-38H2,1H3,(H,40,44)(H,41,43,45). The van der Waals surface area contributed by atoms with Gasteiger partial charge in [-0.2, -0.15) is 0 Å². The van der Waals surface area contributed by atoms with E-state index in [-0.39, 0.29) is 62.8 Å². The molecule has 1 unspecified atom stereocenters. The summed E-state index contributed by atoms with van der Waals surface area (Å²) >= 11 is 0. The van der Waals surface area contributed by atoms with Crippen LogP contribution in [0.3, 0.4) is 0 Å². The lowest BCUT2D eigenvalue weighted by atomic mass is 9.94. The van der Waals surface area contributed by atoms with Crippen LogP contribution in [-0.4, -0.2) is 172 Å². The Hall–Kier alpha value is -3.63. The highest BCUT2D eigenvalue weighted by Crippen LogP contribution is 2.32. The van der Waals surface area contributed by atoms with Crippen molar-refractivity contribution in [2.24, 2.45) is 16.9 Å². The fourth-order valence-electron chi connectivity index (χ4n) is 5.52. The van der Waals surface area contributed by atoms with Gasteiger partial charge < -0.3 is 60.0 Å². The summed E-state index contributed by atoms with van der Waals surface area (Å²) in [6.07, 6.45) is 0.0996. The second kappa shape index (κ2) is 26.3. The van der Waals surface area contributed by atoms with Gasteiger partial charge in [0, 0.05) is 43.7 Å². The van der Waals surface area contributed by atoms with Gasteiger partial charge in [0.05, 0.1) is 110 Å². The van der Waals surface area contributed by atoms with Gasteiger partial charge in [0.2, 0.25) is 17.7 Å². The third-order valence-corrected chi connectivity index (χ3v) is 8.20. The molecule has 1 fully saturated rings. The van der Waals surface area contributed by atoms with Crippen molar-refractivity contribution >= 4 is 35.2 Å². The van der Waals surface area contributed by atoms with Crippen LogP contribution in [0.15, 0.2) is 18.2 Å². The zero-order valence-electron chi connectivity index (χ0n) is 31.8. The molecule has 2 aliphatic rings. The SMILES string of the molecule is CC(COCCOCCOCCN)(COCCOCCOCCN)COCCOCC(=O)NCCNc1cccc2c1C(=O)N(C1CCC(=O)NC1=O)C2=O. The Morgan fingerprint density at radius 3 is 1.82 bits per heavy atom. The molecule has 3 rings (SSSR count). The maximum absolute atomic E-state index is 13.2. The number of anilines is 1. The number of piperidine rings is 1. The molecule has 2 aliphatic heterocycles. The monoisotopic (exact) mass is 782 g/mol. The summed E-state index contributed by atoms with van der Waals surface area (Å²) in [7, 11) is 0. The van der Waals surface area contributed by atoms with E-state index in [2.05, 4.69) is 16.0 Å². The van der Waals surface area contributed by atoms with Crippen LogP contribution in [0.1, 0.15) is 40.5 Å². The van der Waals surface area contributed by atoms with Gasteiger partial charge in [0.1, 0.15) is 12.6 Å². The molecule has 19 heteroatoms.